The Morgan fingerprint density at radius 2 is 1.96 bits per heavy atom. The summed E-state index contributed by atoms with van der Waals surface area (Å²) < 4.78 is 40.0. The first kappa shape index (κ1) is 18.8. The molecule has 3 rings (SSSR count). The molecule has 0 bridgehead atoms. The number of anilines is 1. The first-order valence-corrected chi connectivity index (χ1v) is 8.76. The Labute approximate surface area is 161 Å². The van der Waals surface area contributed by atoms with Crippen LogP contribution in [0.15, 0.2) is 35.1 Å². The highest BCUT2D eigenvalue weighted by atomic mass is 79.9. The number of hydrogen-bond acceptors (Lipinski definition) is 4. The zero-order valence-corrected chi connectivity index (χ0v) is 16.0. The highest BCUT2D eigenvalue weighted by Gasteiger charge is 2.33. The third kappa shape index (κ3) is 3.76. The molecule has 3 aromatic rings. The van der Waals surface area contributed by atoms with Crippen LogP contribution in [0.2, 0.25) is 5.28 Å². The minimum Gasteiger partial charge on any atom is -0.363 e. The van der Waals surface area contributed by atoms with Crippen LogP contribution in [0, 0.1) is 6.92 Å². The van der Waals surface area contributed by atoms with Crippen molar-refractivity contribution >= 4 is 44.3 Å². The number of hydrogen-bond donors (Lipinski definition) is 1. The van der Waals surface area contributed by atoms with E-state index >= 15 is 0 Å². The average Bonchev–Trinajstić information content (AvgIpc) is 2.54. The van der Waals surface area contributed by atoms with Crippen LogP contribution in [0.4, 0.5) is 19.0 Å². The second-order valence-corrected chi connectivity index (χ2v) is 6.90. The summed E-state index contributed by atoms with van der Waals surface area (Å²) in [5.41, 5.74) is 0.577. The third-order valence-corrected chi connectivity index (χ3v) is 4.62. The number of pyridine rings is 1. The summed E-state index contributed by atoms with van der Waals surface area (Å²) in [6, 6.07) is 5.42. The normalized spacial score (nSPS) is 13.0. The van der Waals surface area contributed by atoms with E-state index in [1.165, 1.54) is 13.0 Å². The molecule has 0 radical (unpaired) electrons. The van der Waals surface area contributed by atoms with Crippen molar-refractivity contribution in [3.05, 3.63) is 57.0 Å². The van der Waals surface area contributed by atoms with Gasteiger partial charge in [-0.3, -0.25) is 0 Å². The Balaban J connectivity index is 2.03. The van der Waals surface area contributed by atoms with E-state index in [2.05, 4.69) is 36.2 Å². The molecule has 1 unspecified atom stereocenters. The van der Waals surface area contributed by atoms with Gasteiger partial charge in [0.1, 0.15) is 10.4 Å². The summed E-state index contributed by atoms with van der Waals surface area (Å²) in [7, 11) is 0. The van der Waals surface area contributed by atoms with Gasteiger partial charge in [0.2, 0.25) is 5.28 Å². The number of nitrogens with zero attached hydrogens (tertiary/aromatic N) is 3. The zero-order chi connectivity index (χ0) is 19.1. The van der Waals surface area contributed by atoms with Crippen LogP contribution < -0.4 is 5.32 Å². The van der Waals surface area contributed by atoms with Crippen molar-refractivity contribution in [3.8, 4) is 0 Å². The van der Waals surface area contributed by atoms with Crippen molar-refractivity contribution in [1.82, 2.24) is 15.0 Å². The van der Waals surface area contributed by atoms with Crippen LogP contribution in [-0.4, -0.2) is 15.0 Å². The van der Waals surface area contributed by atoms with Gasteiger partial charge in [0.15, 0.2) is 0 Å². The fourth-order valence-electron chi connectivity index (χ4n) is 2.80. The molecule has 0 aliphatic rings. The lowest BCUT2D eigenvalue weighted by Crippen LogP contribution is -2.14. The van der Waals surface area contributed by atoms with Gasteiger partial charge in [-0.2, -0.15) is 13.2 Å². The molecule has 26 heavy (non-hydrogen) atoms. The quantitative estimate of drug-likeness (QED) is 0.400. The molecule has 0 saturated carbocycles. The van der Waals surface area contributed by atoms with Crippen molar-refractivity contribution in [2.75, 3.05) is 5.32 Å². The van der Waals surface area contributed by atoms with E-state index in [0.717, 1.165) is 6.07 Å². The molecule has 1 atom stereocenters. The molecule has 0 spiro atoms. The molecule has 1 aromatic carbocycles. The van der Waals surface area contributed by atoms with Gasteiger partial charge in [0.05, 0.1) is 23.3 Å². The van der Waals surface area contributed by atoms with Crippen LogP contribution in [0.1, 0.15) is 29.7 Å². The number of rotatable bonds is 3. The van der Waals surface area contributed by atoms with E-state index < -0.39 is 17.8 Å². The number of alkyl halides is 3. The van der Waals surface area contributed by atoms with Crippen molar-refractivity contribution in [2.24, 2.45) is 0 Å². The van der Waals surface area contributed by atoms with Crippen molar-refractivity contribution < 1.29 is 13.2 Å². The van der Waals surface area contributed by atoms with Gasteiger partial charge in [-0.15, -0.1) is 0 Å². The van der Waals surface area contributed by atoms with Crippen molar-refractivity contribution in [3.63, 3.8) is 0 Å². The lowest BCUT2D eigenvalue weighted by molar-refractivity contribution is -0.138. The number of aromatic nitrogens is 3. The minimum absolute atomic E-state index is 0.0251. The van der Waals surface area contributed by atoms with E-state index in [-0.39, 0.29) is 10.8 Å². The number of halogens is 5. The van der Waals surface area contributed by atoms with Crippen LogP contribution >= 0.6 is 27.5 Å². The molecular formula is C17H13BrClF3N4. The van der Waals surface area contributed by atoms with E-state index in [0.29, 0.717) is 26.9 Å². The van der Waals surface area contributed by atoms with Crippen LogP contribution in [0.25, 0.3) is 10.9 Å². The van der Waals surface area contributed by atoms with Crippen LogP contribution in [0.5, 0.6) is 0 Å². The molecule has 4 nitrogen and oxygen atoms in total. The zero-order valence-electron chi connectivity index (χ0n) is 13.7. The average molecular weight is 446 g/mol. The monoisotopic (exact) mass is 444 g/mol. The molecule has 0 aliphatic carbocycles. The molecule has 2 heterocycles. The maximum atomic E-state index is 13.2. The Bertz CT molecular complexity index is 978. The largest absolute Gasteiger partial charge is 0.416 e. The summed E-state index contributed by atoms with van der Waals surface area (Å²) in [5.74, 6) is 0.424. The van der Waals surface area contributed by atoms with Gasteiger partial charge in [-0.05, 0) is 64.6 Å². The predicted molar refractivity (Wildman–Crippen MR) is 98.3 cm³/mol. The maximum absolute atomic E-state index is 13.2. The second kappa shape index (κ2) is 7.00. The van der Waals surface area contributed by atoms with Crippen molar-refractivity contribution in [2.45, 2.75) is 26.1 Å². The fraction of sp³-hybridized carbons (Fsp3) is 0.235. The lowest BCUT2D eigenvalue weighted by Gasteiger charge is -2.21. The van der Waals surface area contributed by atoms with Crippen LogP contribution in [0.3, 0.4) is 0 Å². The molecule has 9 heteroatoms. The molecule has 0 aliphatic heterocycles. The summed E-state index contributed by atoms with van der Waals surface area (Å²) in [6.45, 7) is 3.22. The predicted octanol–water partition coefficient (Wildman–Crippen LogP) is 5.94. The molecule has 1 N–H and O–H groups in total. The molecule has 0 fully saturated rings. The van der Waals surface area contributed by atoms with Gasteiger partial charge in [-0.1, -0.05) is 12.1 Å². The SMILES string of the molecule is Cc1c(C(C)Nc2nc(Cl)nc3cnc(Br)cc23)cccc1C(F)(F)F. The molecule has 0 saturated heterocycles. The van der Waals surface area contributed by atoms with Gasteiger partial charge in [0.25, 0.3) is 0 Å². The minimum atomic E-state index is -4.40. The summed E-state index contributed by atoms with van der Waals surface area (Å²) in [6.07, 6.45) is -2.86. The number of fused-ring (bicyclic) bond motifs is 1. The Hall–Kier alpha value is -1.93. The Morgan fingerprint density at radius 1 is 1.23 bits per heavy atom. The van der Waals surface area contributed by atoms with Gasteiger partial charge in [0, 0.05) is 5.39 Å². The summed E-state index contributed by atoms with van der Waals surface area (Å²) >= 11 is 9.25. The lowest BCUT2D eigenvalue weighted by atomic mass is 9.97. The molecule has 2 aromatic heterocycles. The Kier molecular flexibility index (Phi) is 5.07. The van der Waals surface area contributed by atoms with Gasteiger partial charge < -0.3 is 5.32 Å². The number of benzene rings is 1. The second-order valence-electron chi connectivity index (χ2n) is 5.75. The first-order chi connectivity index (χ1) is 12.2. The fourth-order valence-corrected chi connectivity index (χ4v) is 3.31. The van der Waals surface area contributed by atoms with E-state index in [1.807, 2.05) is 0 Å². The van der Waals surface area contributed by atoms with Crippen LogP contribution in [-0.2, 0) is 6.18 Å². The summed E-state index contributed by atoms with van der Waals surface area (Å²) in [4.78, 5) is 12.4. The van der Waals surface area contributed by atoms with E-state index in [4.69, 9.17) is 11.6 Å². The number of nitrogens with one attached hydrogen (secondary N) is 1. The highest BCUT2D eigenvalue weighted by molar-refractivity contribution is 9.10. The van der Waals surface area contributed by atoms with Gasteiger partial charge in [-0.25, -0.2) is 15.0 Å². The molecule has 0 amide bonds. The Morgan fingerprint density at radius 3 is 2.65 bits per heavy atom. The third-order valence-electron chi connectivity index (χ3n) is 4.02. The maximum Gasteiger partial charge on any atom is 0.416 e. The molecule has 136 valence electrons. The first-order valence-electron chi connectivity index (χ1n) is 7.59. The topological polar surface area (TPSA) is 50.7 Å². The van der Waals surface area contributed by atoms with Crippen molar-refractivity contribution in [1.29, 1.82) is 0 Å². The smallest absolute Gasteiger partial charge is 0.363 e. The standard InChI is InChI=1S/C17H13BrClF3N4/c1-8-10(4-3-5-12(8)17(20,21)22)9(2)24-15-11-6-14(18)23-7-13(11)25-16(19)26-15/h3-7,9H,1-2H3,(H,24,25,26). The van der Waals surface area contributed by atoms with E-state index in [1.54, 1.807) is 25.3 Å². The highest BCUT2D eigenvalue weighted by Crippen LogP contribution is 2.35. The van der Waals surface area contributed by atoms with E-state index in [9.17, 15) is 13.2 Å². The summed E-state index contributed by atoms with van der Waals surface area (Å²) in [5, 5.41) is 3.82. The molecular weight excluding hydrogens is 433 g/mol. The van der Waals surface area contributed by atoms with Gasteiger partial charge >= 0.3 is 6.18 Å².